The molecule has 0 aromatic carbocycles. The van der Waals surface area contributed by atoms with E-state index in [0.717, 1.165) is 6.42 Å². The lowest BCUT2D eigenvalue weighted by Crippen LogP contribution is -2.29. The zero-order valence-corrected chi connectivity index (χ0v) is 9.09. The summed E-state index contributed by atoms with van der Waals surface area (Å²) in [6, 6.07) is -0.0842. The van der Waals surface area contributed by atoms with E-state index in [2.05, 4.69) is 20.8 Å². The van der Waals surface area contributed by atoms with Crippen molar-refractivity contribution in [3.8, 4) is 0 Å². The molecule has 3 heteroatoms. The smallest absolute Gasteiger partial charge is 0.307 e. The van der Waals surface area contributed by atoms with E-state index in [1.165, 1.54) is 0 Å². The van der Waals surface area contributed by atoms with Crippen molar-refractivity contribution in [1.82, 2.24) is 0 Å². The highest BCUT2D eigenvalue weighted by atomic mass is 16.5. The Morgan fingerprint density at radius 3 is 2.38 bits per heavy atom. The number of ether oxygens (including phenoxy) is 1. The highest BCUT2D eigenvalue weighted by Gasteiger charge is 2.18. The summed E-state index contributed by atoms with van der Waals surface area (Å²) < 4.78 is 4.81. The number of nitrogens with two attached hydrogens (primary N) is 1. The Morgan fingerprint density at radius 2 is 2.00 bits per heavy atom. The molecule has 0 saturated carbocycles. The van der Waals surface area contributed by atoms with Gasteiger partial charge in [0.2, 0.25) is 0 Å². The number of rotatable bonds is 4. The van der Waals surface area contributed by atoms with E-state index in [0.29, 0.717) is 13.0 Å². The molecule has 0 aromatic heterocycles. The average Bonchev–Trinajstić information content (AvgIpc) is 1.81. The Kier molecular flexibility index (Phi) is 4.99. The lowest BCUT2D eigenvalue weighted by molar-refractivity contribution is -0.143. The number of carbonyl (C=O) groups excluding carboxylic acids is 1. The van der Waals surface area contributed by atoms with Crippen LogP contribution in [-0.2, 0) is 9.53 Å². The van der Waals surface area contributed by atoms with Crippen LogP contribution in [0.4, 0.5) is 0 Å². The number of hydrogen-bond donors (Lipinski definition) is 1. The van der Waals surface area contributed by atoms with Crippen LogP contribution >= 0.6 is 0 Å². The van der Waals surface area contributed by atoms with Crippen molar-refractivity contribution >= 4 is 5.97 Å². The summed E-state index contributed by atoms with van der Waals surface area (Å²) in [6.45, 7) is 8.56. The predicted octanol–water partition coefficient (Wildman–Crippen LogP) is 1.70. The summed E-state index contributed by atoms with van der Waals surface area (Å²) in [6.07, 6.45) is 1.16. The van der Waals surface area contributed by atoms with Crippen molar-refractivity contribution in [3.05, 3.63) is 0 Å². The van der Waals surface area contributed by atoms with Crippen molar-refractivity contribution in [1.29, 1.82) is 0 Å². The third kappa shape index (κ3) is 7.78. The molecule has 0 aliphatic carbocycles. The molecule has 0 aliphatic heterocycles. The van der Waals surface area contributed by atoms with Gasteiger partial charge in [0.25, 0.3) is 0 Å². The molecule has 0 rings (SSSR count). The van der Waals surface area contributed by atoms with E-state index in [4.69, 9.17) is 10.5 Å². The van der Waals surface area contributed by atoms with Gasteiger partial charge in [-0.05, 0) is 18.8 Å². The molecule has 0 bridgehead atoms. The molecule has 0 amide bonds. The van der Waals surface area contributed by atoms with Crippen LogP contribution in [0.25, 0.3) is 0 Å². The summed E-state index contributed by atoms with van der Waals surface area (Å²) in [5.41, 5.74) is 5.96. The summed E-state index contributed by atoms with van der Waals surface area (Å²) in [4.78, 5) is 11.0. The van der Waals surface area contributed by atoms with E-state index < -0.39 is 0 Å². The largest absolute Gasteiger partial charge is 0.466 e. The van der Waals surface area contributed by atoms with Gasteiger partial charge in [-0.25, -0.2) is 0 Å². The second kappa shape index (κ2) is 5.22. The highest BCUT2D eigenvalue weighted by Crippen LogP contribution is 2.21. The molecule has 78 valence electrons. The molecule has 13 heavy (non-hydrogen) atoms. The summed E-state index contributed by atoms with van der Waals surface area (Å²) in [5.74, 6) is -0.195. The van der Waals surface area contributed by atoms with E-state index in [-0.39, 0.29) is 17.4 Å². The van der Waals surface area contributed by atoms with E-state index in [1.807, 2.05) is 0 Å². The van der Waals surface area contributed by atoms with Gasteiger partial charge >= 0.3 is 5.97 Å². The van der Waals surface area contributed by atoms with E-state index in [9.17, 15) is 4.79 Å². The van der Waals surface area contributed by atoms with Crippen LogP contribution in [-0.4, -0.2) is 18.6 Å². The van der Waals surface area contributed by atoms with Gasteiger partial charge < -0.3 is 10.5 Å². The second-order valence-electron chi connectivity index (χ2n) is 4.53. The monoisotopic (exact) mass is 187 g/mol. The Balaban J connectivity index is 3.74. The first kappa shape index (κ1) is 12.4. The molecule has 0 aromatic rings. The second-order valence-corrected chi connectivity index (χ2v) is 4.53. The molecule has 0 heterocycles. The molecule has 2 N–H and O–H groups in total. The molecular weight excluding hydrogens is 166 g/mol. The van der Waals surface area contributed by atoms with E-state index in [1.54, 1.807) is 6.92 Å². The minimum absolute atomic E-state index is 0.0842. The van der Waals surface area contributed by atoms with Gasteiger partial charge in [0.15, 0.2) is 0 Å². The lowest BCUT2D eigenvalue weighted by Gasteiger charge is -2.22. The van der Waals surface area contributed by atoms with Crippen LogP contribution in [0, 0.1) is 5.41 Å². The van der Waals surface area contributed by atoms with Gasteiger partial charge in [-0.1, -0.05) is 20.8 Å². The molecule has 0 aliphatic rings. The van der Waals surface area contributed by atoms with Crippen molar-refractivity contribution < 1.29 is 9.53 Å². The predicted molar refractivity (Wildman–Crippen MR) is 53.3 cm³/mol. The summed E-state index contributed by atoms with van der Waals surface area (Å²) in [7, 11) is 0. The quantitative estimate of drug-likeness (QED) is 0.681. The zero-order valence-electron chi connectivity index (χ0n) is 9.09. The van der Waals surface area contributed by atoms with Crippen LogP contribution < -0.4 is 5.73 Å². The fraction of sp³-hybridized carbons (Fsp3) is 0.900. The van der Waals surface area contributed by atoms with Crippen molar-refractivity contribution in [2.24, 2.45) is 11.1 Å². The van der Waals surface area contributed by atoms with Crippen LogP contribution in [0.3, 0.4) is 0 Å². The van der Waals surface area contributed by atoms with Crippen LogP contribution in [0.5, 0.6) is 0 Å². The topological polar surface area (TPSA) is 52.3 Å². The van der Waals surface area contributed by atoms with Gasteiger partial charge in [0.1, 0.15) is 0 Å². The zero-order chi connectivity index (χ0) is 10.5. The third-order valence-electron chi connectivity index (χ3n) is 1.61. The van der Waals surface area contributed by atoms with Gasteiger partial charge in [-0.15, -0.1) is 0 Å². The van der Waals surface area contributed by atoms with Crippen molar-refractivity contribution in [3.63, 3.8) is 0 Å². The SMILES string of the molecule is CCOC(=O)CC(N)CC(C)(C)C. The minimum atomic E-state index is -0.195. The maximum absolute atomic E-state index is 11.0. The van der Waals surface area contributed by atoms with Crippen molar-refractivity contribution in [2.75, 3.05) is 6.61 Å². The van der Waals surface area contributed by atoms with Gasteiger partial charge in [-0.3, -0.25) is 4.79 Å². The molecule has 0 spiro atoms. The minimum Gasteiger partial charge on any atom is -0.466 e. The molecule has 0 fully saturated rings. The Morgan fingerprint density at radius 1 is 1.46 bits per heavy atom. The normalized spacial score (nSPS) is 13.9. The standard InChI is InChI=1S/C10H21NO2/c1-5-13-9(12)6-8(11)7-10(2,3)4/h8H,5-7,11H2,1-4H3. The van der Waals surface area contributed by atoms with Crippen LogP contribution in [0.2, 0.25) is 0 Å². The molecule has 1 unspecified atom stereocenters. The first-order chi connectivity index (χ1) is 5.85. The first-order valence-electron chi connectivity index (χ1n) is 4.76. The van der Waals surface area contributed by atoms with E-state index >= 15 is 0 Å². The Labute approximate surface area is 80.6 Å². The third-order valence-corrected chi connectivity index (χ3v) is 1.61. The number of esters is 1. The van der Waals surface area contributed by atoms with Gasteiger partial charge in [0, 0.05) is 6.04 Å². The van der Waals surface area contributed by atoms with Gasteiger partial charge in [-0.2, -0.15) is 0 Å². The number of carbonyl (C=O) groups is 1. The maximum atomic E-state index is 11.0. The molecule has 3 nitrogen and oxygen atoms in total. The maximum Gasteiger partial charge on any atom is 0.307 e. The lowest BCUT2D eigenvalue weighted by atomic mass is 9.87. The molecule has 0 saturated heterocycles. The molecular formula is C10H21NO2. The van der Waals surface area contributed by atoms with Crippen LogP contribution in [0.1, 0.15) is 40.5 Å². The first-order valence-corrected chi connectivity index (χ1v) is 4.76. The summed E-state index contributed by atoms with van der Waals surface area (Å²) in [5, 5.41) is 0. The van der Waals surface area contributed by atoms with Crippen LogP contribution in [0.15, 0.2) is 0 Å². The Hall–Kier alpha value is -0.570. The van der Waals surface area contributed by atoms with Crippen molar-refractivity contribution in [2.45, 2.75) is 46.6 Å². The Bertz CT molecular complexity index is 161. The van der Waals surface area contributed by atoms with Gasteiger partial charge in [0.05, 0.1) is 13.0 Å². The highest BCUT2D eigenvalue weighted by molar-refractivity contribution is 5.70. The molecule has 1 atom stereocenters. The fourth-order valence-electron chi connectivity index (χ4n) is 1.29. The fourth-order valence-corrected chi connectivity index (χ4v) is 1.29. The number of hydrogen-bond acceptors (Lipinski definition) is 3. The molecule has 0 radical (unpaired) electrons. The average molecular weight is 187 g/mol. The summed E-state index contributed by atoms with van der Waals surface area (Å²) >= 11 is 0.